The lowest BCUT2D eigenvalue weighted by Crippen LogP contribution is -2.48. The van der Waals surface area contributed by atoms with Crippen LogP contribution in [0.3, 0.4) is 0 Å². The smallest absolute Gasteiger partial charge is 0.224 e. The van der Waals surface area contributed by atoms with E-state index in [2.05, 4.69) is 18.7 Å². The molecule has 0 aromatic rings. The van der Waals surface area contributed by atoms with Crippen LogP contribution in [0.5, 0.6) is 0 Å². The van der Waals surface area contributed by atoms with Crippen molar-refractivity contribution in [1.82, 2.24) is 9.80 Å². The summed E-state index contributed by atoms with van der Waals surface area (Å²) in [6.45, 7) is 11.7. The number of hydrogen-bond acceptors (Lipinski definition) is 3. The molecule has 0 aliphatic heterocycles. The van der Waals surface area contributed by atoms with Gasteiger partial charge >= 0.3 is 0 Å². The predicted molar refractivity (Wildman–Crippen MR) is 80.0 cm³/mol. The fourth-order valence-corrected chi connectivity index (χ4v) is 2.62. The molecule has 19 heavy (non-hydrogen) atoms. The van der Waals surface area contributed by atoms with Crippen LogP contribution in [-0.2, 0) is 4.79 Å². The third kappa shape index (κ3) is 5.11. The molecule has 1 unspecified atom stereocenters. The highest BCUT2D eigenvalue weighted by Crippen LogP contribution is 2.31. The molecule has 0 aromatic carbocycles. The number of nitrogens with zero attached hydrogens (tertiary/aromatic N) is 2. The van der Waals surface area contributed by atoms with Crippen molar-refractivity contribution in [3.63, 3.8) is 0 Å². The summed E-state index contributed by atoms with van der Waals surface area (Å²) in [5.74, 6) is 1.07. The number of rotatable bonds is 9. The lowest BCUT2D eigenvalue weighted by molar-refractivity contribution is -0.132. The van der Waals surface area contributed by atoms with E-state index < -0.39 is 0 Å². The Bertz CT molecular complexity index is 273. The molecule has 1 atom stereocenters. The minimum Gasteiger partial charge on any atom is -0.343 e. The maximum atomic E-state index is 12.2. The number of carbonyl (C=O) groups excluding carboxylic acids is 1. The van der Waals surface area contributed by atoms with Crippen molar-refractivity contribution in [2.24, 2.45) is 11.7 Å². The third-order valence-corrected chi connectivity index (χ3v) is 4.10. The summed E-state index contributed by atoms with van der Waals surface area (Å²) in [6, 6.07) is 0.646. The monoisotopic (exact) mass is 269 g/mol. The van der Waals surface area contributed by atoms with Gasteiger partial charge in [-0.1, -0.05) is 0 Å². The summed E-state index contributed by atoms with van der Waals surface area (Å²) < 4.78 is 0. The lowest BCUT2D eigenvalue weighted by atomic mass is 10.1. The van der Waals surface area contributed by atoms with Crippen molar-refractivity contribution in [2.45, 2.75) is 59.0 Å². The van der Waals surface area contributed by atoms with E-state index in [1.54, 1.807) is 0 Å². The molecule has 4 nitrogen and oxygen atoms in total. The van der Waals surface area contributed by atoms with Gasteiger partial charge in [-0.3, -0.25) is 9.69 Å². The highest BCUT2D eigenvalue weighted by molar-refractivity contribution is 5.76. The molecular weight excluding hydrogens is 238 g/mol. The highest BCUT2D eigenvalue weighted by Gasteiger charge is 2.30. The summed E-state index contributed by atoms with van der Waals surface area (Å²) >= 11 is 0. The first-order valence-electron chi connectivity index (χ1n) is 7.76. The van der Waals surface area contributed by atoms with Gasteiger partial charge in [0.25, 0.3) is 0 Å². The Labute approximate surface area is 118 Å². The van der Waals surface area contributed by atoms with Crippen molar-refractivity contribution < 1.29 is 4.79 Å². The van der Waals surface area contributed by atoms with E-state index in [1.165, 1.54) is 12.8 Å². The minimum absolute atomic E-state index is 0.189. The van der Waals surface area contributed by atoms with Crippen molar-refractivity contribution in [2.75, 3.05) is 26.2 Å². The van der Waals surface area contributed by atoms with Gasteiger partial charge in [0.05, 0.1) is 0 Å². The molecule has 0 saturated heterocycles. The first-order chi connectivity index (χ1) is 9.03. The molecule has 1 fully saturated rings. The predicted octanol–water partition coefficient (Wildman–Crippen LogP) is 1.69. The first kappa shape index (κ1) is 16.4. The molecule has 1 amide bonds. The molecule has 112 valence electrons. The largest absolute Gasteiger partial charge is 0.343 e. The van der Waals surface area contributed by atoms with Crippen LogP contribution in [0.4, 0.5) is 0 Å². The van der Waals surface area contributed by atoms with Crippen LogP contribution in [0.25, 0.3) is 0 Å². The van der Waals surface area contributed by atoms with Crippen LogP contribution in [0.2, 0.25) is 0 Å². The number of hydrogen-bond donors (Lipinski definition) is 1. The zero-order valence-electron chi connectivity index (χ0n) is 13.1. The van der Waals surface area contributed by atoms with Crippen LogP contribution in [0, 0.1) is 5.92 Å². The zero-order chi connectivity index (χ0) is 14.4. The third-order valence-electron chi connectivity index (χ3n) is 4.10. The molecule has 0 heterocycles. The van der Waals surface area contributed by atoms with Crippen LogP contribution in [-0.4, -0.2) is 54.0 Å². The molecule has 0 bridgehead atoms. The number of carbonyl (C=O) groups is 1. The molecule has 0 spiro atoms. The van der Waals surface area contributed by atoms with Gasteiger partial charge in [0.1, 0.15) is 0 Å². The summed E-state index contributed by atoms with van der Waals surface area (Å²) in [5.41, 5.74) is 5.93. The fourth-order valence-electron chi connectivity index (χ4n) is 2.62. The Morgan fingerprint density at radius 1 is 1.26 bits per heavy atom. The lowest BCUT2D eigenvalue weighted by Gasteiger charge is -2.35. The van der Waals surface area contributed by atoms with Crippen LogP contribution < -0.4 is 5.73 Å². The van der Waals surface area contributed by atoms with Crippen molar-refractivity contribution in [3.05, 3.63) is 0 Å². The molecule has 4 heteroatoms. The average molecular weight is 269 g/mol. The van der Waals surface area contributed by atoms with Gasteiger partial charge in [0.2, 0.25) is 5.91 Å². The SMILES string of the molecule is CCN(CC)C(=O)CC(CN)N(CC1CC1)C(C)C. The molecule has 1 rings (SSSR count). The topological polar surface area (TPSA) is 49.6 Å². The Hall–Kier alpha value is -0.610. The summed E-state index contributed by atoms with van der Waals surface area (Å²) in [6.07, 6.45) is 3.23. The minimum atomic E-state index is 0.189. The molecule has 2 N–H and O–H groups in total. The van der Waals surface area contributed by atoms with Crippen LogP contribution in [0.15, 0.2) is 0 Å². The highest BCUT2D eigenvalue weighted by atomic mass is 16.2. The molecular formula is C15H31N3O. The Kier molecular flexibility index (Phi) is 6.80. The van der Waals surface area contributed by atoms with E-state index in [4.69, 9.17) is 5.73 Å². The van der Waals surface area contributed by atoms with Gasteiger partial charge < -0.3 is 10.6 Å². The van der Waals surface area contributed by atoms with E-state index in [9.17, 15) is 4.79 Å². The second kappa shape index (κ2) is 7.85. The molecule has 0 aromatic heterocycles. The van der Waals surface area contributed by atoms with Gasteiger partial charge in [-0.05, 0) is 46.5 Å². The van der Waals surface area contributed by atoms with E-state index >= 15 is 0 Å². The second-order valence-corrected chi connectivity index (χ2v) is 5.89. The molecule has 1 saturated carbocycles. The van der Waals surface area contributed by atoms with E-state index in [-0.39, 0.29) is 11.9 Å². The van der Waals surface area contributed by atoms with Gasteiger partial charge in [0, 0.05) is 44.7 Å². The van der Waals surface area contributed by atoms with E-state index in [1.807, 2.05) is 18.7 Å². The van der Waals surface area contributed by atoms with Gasteiger partial charge in [0.15, 0.2) is 0 Å². The van der Waals surface area contributed by atoms with E-state index in [0.29, 0.717) is 19.0 Å². The summed E-state index contributed by atoms with van der Waals surface area (Å²) in [5, 5.41) is 0. The first-order valence-corrected chi connectivity index (χ1v) is 7.76. The summed E-state index contributed by atoms with van der Waals surface area (Å²) in [7, 11) is 0. The summed E-state index contributed by atoms with van der Waals surface area (Å²) in [4.78, 5) is 16.6. The zero-order valence-corrected chi connectivity index (χ0v) is 13.1. The Morgan fingerprint density at radius 3 is 2.21 bits per heavy atom. The van der Waals surface area contributed by atoms with Crippen molar-refractivity contribution in [1.29, 1.82) is 0 Å². The van der Waals surface area contributed by atoms with Gasteiger partial charge in [-0.15, -0.1) is 0 Å². The normalized spacial score (nSPS) is 17.0. The fraction of sp³-hybridized carbons (Fsp3) is 0.933. The number of nitrogens with two attached hydrogens (primary N) is 1. The van der Waals surface area contributed by atoms with Gasteiger partial charge in [-0.2, -0.15) is 0 Å². The molecule has 1 aliphatic rings. The van der Waals surface area contributed by atoms with Crippen molar-refractivity contribution in [3.8, 4) is 0 Å². The Morgan fingerprint density at radius 2 is 1.84 bits per heavy atom. The molecule has 0 radical (unpaired) electrons. The number of amides is 1. The quantitative estimate of drug-likeness (QED) is 0.693. The standard InChI is InChI=1S/C15H31N3O/c1-5-17(6-2)15(19)9-14(10-16)18(12(3)4)11-13-7-8-13/h12-14H,5-11,16H2,1-4H3. The van der Waals surface area contributed by atoms with E-state index in [0.717, 1.165) is 25.6 Å². The second-order valence-electron chi connectivity index (χ2n) is 5.89. The van der Waals surface area contributed by atoms with Gasteiger partial charge in [-0.25, -0.2) is 0 Å². The van der Waals surface area contributed by atoms with Crippen LogP contribution >= 0.6 is 0 Å². The average Bonchev–Trinajstić information content (AvgIpc) is 3.18. The maximum Gasteiger partial charge on any atom is 0.224 e. The maximum absolute atomic E-state index is 12.2. The van der Waals surface area contributed by atoms with Crippen molar-refractivity contribution >= 4 is 5.91 Å². The molecule has 1 aliphatic carbocycles. The van der Waals surface area contributed by atoms with Crippen LogP contribution in [0.1, 0.15) is 47.0 Å². The Balaban J connectivity index is 2.59.